The largest absolute Gasteiger partial charge is 0.478 e. The first-order valence-electron chi connectivity index (χ1n) is 12.9. The van der Waals surface area contributed by atoms with E-state index in [0.29, 0.717) is 43.0 Å². The van der Waals surface area contributed by atoms with E-state index in [-0.39, 0.29) is 17.6 Å². The summed E-state index contributed by atoms with van der Waals surface area (Å²) in [5, 5.41) is 9.29. The fraction of sp³-hybridized carbons (Fsp3) is 0.323. The fourth-order valence-electron chi connectivity index (χ4n) is 4.65. The van der Waals surface area contributed by atoms with E-state index >= 15 is 0 Å². The van der Waals surface area contributed by atoms with Crippen molar-refractivity contribution in [1.82, 2.24) is 4.90 Å². The van der Waals surface area contributed by atoms with Gasteiger partial charge in [0.25, 0.3) is 0 Å². The van der Waals surface area contributed by atoms with Crippen LogP contribution in [0.2, 0.25) is 0 Å². The summed E-state index contributed by atoms with van der Waals surface area (Å²) in [6, 6.07) is 23.8. The molecule has 2 unspecified atom stereocenters. The molecule has 0 saturated carbocycles. The molecule has 204 valence electrons. The summed E-state index contributed by atoms with van der Waals surface area (Å²) >= 11 is 1.62. The van der Waals surface area contributed by atoms with Crippen LogP contribution in [-0.4, -0.2) is 52.8 Å². The number of amides is 1. The average Bonchev–Trinajstić information content (AvgIpc) is 3.37. The maximum absolute atomic E-state index is 13.6. The first-order chi connectivity index (χ1) is 18.7. The highest BCUT2D eigenvalue weighted by Crippen LogP contribution is 2.32. The maximum atomic E-state index is 13.6. The number of benzene rings is 3. The van der Waals surface area contributed by atoms with Crippen LogP contribution in [0.25, 0.3) is 0 Å². The molecular weight excluding hydrogens is 514 g/mol. The van der Waals surface area contributed by atoms with Gasteiger partial charge in [-0.2, -0.15) is 0 Å². The molecule has 0 radical (unpaired) electrons. The van der Waals surface area contributed by atoms with Gasteiger partial charge < -0.3 is 19.5 Å². The minimum Gasteiger partial charge on any atom is -0.478 e. The number of nitrogens with zero attached hydrogens (tertiary/aromatic N) is 1. The zero-order chi connectivity index (χ0) is 28.0. The van der Waals surface area contributed by atoms with Crippen LogP contribution in [0.3, 0.4) is 0 Å². The Bertz CT molecular complexity index is 1290. The Balaban J connectivity index is 1.46. The first kappa shape index (κ1) is 28.2. The number of likely N-dealkylation sites (tertiary alicyclic amines) is 1. The van der Waals surface area contributed by atoms with Crippen molar-refractivity contribution in [2.45, 2.75) is 37.2 Å². The van der Waals surface area contributed by atoms with E-state index < -0.39 is 17.7 Å². The van der Waals surface area contributed by atoms with Gasteiger partial charge in [0, 0.05) is 29.5 Å². The molecule has 1 aliphatic heterocycles. The van der Waals surface area contributed by atoms with E-state index in [0.717, 1.165) is 10.5 Å². The van der Waals surface area contributed by atoms with Gasteiger partial charge in [-0.3, -0.25) is 4.79 Å². The summed E-state index contributed by atoms with van der Waals surface area (Å²) in [6.45, 7) is 3.74. The lowest BCUT2D eigenvalue weighted by molar-refractivity contribution is -0.152. The van der Waals surface area contributed by atoms with Crippen molar-refractivity contribution in [1.29, 1.82) is 0 Å². The molecule has 4 rings (SSSR count). The molecular formula is C31H33NO6S. The molecule has 1 aliphatic rings. The second kappa shape index (κ2) is 12.4. The summed E-state index contributed by atoms with van der Waals surface area (Å²) in [6.07, 6.45) is 2.94. The van der Waals surface area contributed by atoms with Crippen molar-refractivity contribution in [3.05, 3.63) is 90.0 Å². The number of carbonyl (C=O) groups excluding carboxylic acids is 2. The van der Waals surface area contributed by atoms with Crippen LogP contribution < -0.4 is 9.47 Å². The molecule has 3 aromatic carbocycles. The number of ketones is 1. The van der Waals surface area contributed by atoms with Crippen LogP contribution >= 0.6 is 11.8 Å². The van der Waals surface area contributed by atoms with E-state index in [1.165, 1.54) is 13.8 Å². The smallest absolute Gasteiger partial charge is 0.415 e. The van der Waals surface area contributed by atoms with Gasteiger partial charge in [0.15, 0.2) is 11.4 Å². The number of carboxylic acid groups (broad SMARTS) is 1. The number of hydrogen-bond donors (Lipinski definition) is 1. The zero-order valence-electron chi connectivity index (χ0n) is 22.3. The Morgan fingerprint density at radius 2 is 1.59 bits per heavy atom. The second-order valence-electron chi connectivity index (χ2n) is 10.1. The van der Waals surface area contributed by atoms with Crippen molar-refractivity contribution in [2.75, 3.05) is 19.3 Å². The molecule has 1 saturated heterocycles. The van der Waals surface area contributed by atoms with Gasteiger partial charge in [0.1, 0.15) is 11.5 Å². The Morgan fingerprint density at radius 1 is 0.923 bits per heavy atom. The molecule has 7 nitrogen and oxygen atoms in total. The Hall–Kier alpha value is -3.78. The van der Waals surface area contributed by atoms with Gasteiger partial charge in [-0.25, -0.2) is 9.59 Å². The van der Waals surface area contributed by atoms with Crippen molar-refractivity contribution in [2.24, 2.45) is 11.8 Å². The minimum absolute atomic E-state index is 0.0299. The number of Topliss-reactive ketones (excluding diaryl/α,β-unsaturated/α-hetero) is 1. The van der Waals surface area contributed by atoms with Gasteiger partial charge in [-0.1, -0.05) is 42.5 Å². The van der Waals surface area contributed by atoms with Crippen LogP contribution in [0.15, 0.2) is 83.8 Å². The monoisotopic (exact) mass is 547 g/mol. The molecule has 0 spiro atoms. The number of carboxylic acids is 1. The van der Waals surface area contributed by atoms with Crippen molar-refractivity contribution >= 4 is 29.6 Å². The van der Waals surface area contributed by atoms with Crippen LogP contribution in [-0.2, 0) is 11.2 Å². The quantitative estimate of drug-likeness (QED) is 0.238. The zero-order valence-corrected chi connectivity index (χ0v) is 23.1. The molecule has 1 fully saturated rings. The van der Waals surface area contributed by atoms with E-state index in [2.05, 4.69) is 0 Å². The summed E-state index contributed by atoms with van der Waals surface area (Å²) in [5.41, 5.74) is 0.352. The second-order valence-corrected chi connectivity index (χ2v) is 11.0. The number of aliphatic carboxylic acids is 1. The Morgan fingerprint density at radius 3 is 2.21 bits per heavy atom. The summed E-state index contributed by atoms with van der Waals surface area (Å²) < 4.78 is 11.2. The molecule has 1 amide bonds. The van der Waals surface area contributed by atoms with Crippen molar-refractivity contribution in [3.63, 3.8) is 0 Å². The van der Waals surface area contributed by atoms with Gasteiger partial charge in [-0.05, 0) is 80.8 Å². The van der Waals surface area contributed by atoms with Gasteiger partial charge in [0.2, 0.25) is 0 Å². The van der Waals surface area contributed by atoms with Gasteiger partial charge in [-0.15, -0.1) is 11.8 Å². The predicted octanol–water partition coefficient (Wildman–Crippen LogP) is 6.21. The topological polar surface area (TPSA) is 93.1 Å². The number of aryl methyl sites for hydroxylation is 1. The number of ether oxygens (including phenoxy) is 2. The SMILES string of the molecule is CSc1ccc(C(=O)C2CN(C(=O)Oc3ccccc3)CC2CCc2ccc(OC(C)(C)C(=O)O)cc2)cc1. The van der Waals surface area contributed by atoms with Gasteiger partial charge in [0.05, 0.1) is 0 Å². The highest BCUT2D eigenvalue weighted by molar-refractivity contribution is 7.98. The third-order valence-corrected chi connectivity index (χ3v) is 7.72. The van der Waals surface area contributed by atoms with Crippen LogP contribution in [0.4, 0.5) is 4.79 Å². The normalized spacial score (nSPS) is 17.1. The van der Waals surface area contributed by atoms with E-state index in [1.54, 1.807) is 53.1 Å². The Labute approximate surface area is 233 Å². The molecule has 39 heavy (non-hydrogen) atoms. The standard InChI is InChI=1S/C31H33NO6S/c1-31(2,29(34)35)38-25-15-10-21(11-16-25)9-12-23-19-32(30(36)37-24-7-5-4-6-8-24)20-27(23)28(33)22-13-17-26(39-3)18-14-22/h4-8,10-11,13-18,23,27H,9,12,19-20H2,1-3H3,(H,34,35). The van der Waals surface area contributed by atoms with Gasteiger partial charge >= 0.3 is 12.1 Å². The van der Waals surface area contributed by atoms with Crippen LogP contribution in [0.1, 0.15) is 36.2 Å². The lowest BCUT2D eigenvalue weighted by atomic mass is 9.85. The van der Waals surface area contributed by atoms with Crippen molar-refractivity contribution in [3.8, 4) is 11.5 Å². The predicted molar refractivity (Wildman–Crippen MR) is 151 cm³/mol. The summed E-state index contributed by atoms with van der Waals surface area (Å²) in [7, 11) is 0. The molecule has 0 aliphatic carbocycles. The fourth-order valence-corrected chi connectivity index (χ4v) is 5.06. The number of carbonyl (C=O) groups is 3. The van der Waals surface area contributed by atoms with Crippen LogP contribution in [0, 0.1) is 11.8 Å². The van der Waals surface area contributed by atoms with E-state index in [4.69, 9.17) is 9.47 Å². The third kappa shape index (κ3) is 7.20. The lowest BCUT2D eigenvalue weighted by Crippen LogP contribution is -2.37. The molecule has 1 heterocycles. The van der Waals surface area contributed by atoms with Crippen molar-refractivity contribution < 1.29 is 29.0 Å². The first-order valence-corrected chi connectivity index (χ1v) is 14.1. The maximum Gasteiger partial charge on any atom is 0.415 e. The number of hydrogen-bond acceptors (Lipinski definition) is 6. The molecule has 2 atom stereocenters. The lowest BCUT2D eigenvalue weighted by Gasteiger charge is -2.21. The van der Waals surface area contributed by atoms with E-state index in [1.807, 2.05) is 48.7 Å². The molecule has 8 heteroatoms. The summed E-state index contributed by atoms with van der Waals surface area (Å²) in [4.78, 5) is 40.6. The number of rotatable bonds is 10. The molecule has 0 aromatic heterocycles. The number of thioether (sulfide) groups is 1. The number of para-hydroxylation sites is 1. The minimum atomic E-state index is -1.33. The average molecular weight is 548 g/mol. The molecule has 1 N–H and O–H groups in total. The highest BCUT2D eigenvalue weighted by Gasteiger charge is 2.40. The highest BCUT2D eigenvalue weighted by atomic mass is 32.2. The summed E-state index contributed by atoms with van der Waals surface area (Å²) in [5.74, 6) is -0.446. The molecule has 0 bridgehead atoms. The Kier molecular flexibility index (Phi) is 8.97. The van der Waals surface area contributed by atoms with E-state index in [9.17, 15) is 19.5 Å². The third-order valence-electron chi connectivity index (χ3n) is 6.97. The molecule has 3 aromatic rings. The van der Waals surface area contributed by atoms with Crippen LogP contribution in [0.5, 0.6) is 11.5 Å².